The Balaban J connectivity index is 1.79. The summed E-state index contributed by atoms with van der Waals surface area (Å²) in [6.07, 6.45) is 8.65. The van der Waals surface area contributed by atoms with E-state index in [1.165, 1.54) is 45.1 Å². The molecule has 0 aromatic rings. The molecular weight excluding hydrogens is 290 g/mol. The summed E-state index contributed by atoms with van der Waals surface area (Å²) >= 11 is 3.81. The minimum absolute atomic E-state index is 0.422. The van der Waals surface area contributed by atoms with Gasteiger partial charge in [0.05, 0.1) is 6.04 Å². The maximum Gasteiger partial charge on any atom is 0.146 e. The van der Waals surface area contributed by atoms with Gasteiger partial charge in [-0.1, -0.05) is 22.4 Å². The molecule has 2 saturated heterocycles. The quantitative estimate of drug-likeness (QED) is 0.652. The number of nitrogens with two attached hydrogens (primary N) is 2. The van der Waals surface area contributed by atoms with E-state index in [1.54, 1.807) is 0 Å². The number of hydrogen-bond donors (Lipinski definition) is 2. The van der Waals surface area contributed by atoms with Gasteiger partial charge >= 0.3 is 0 Å². The molecule has 0 amide bonds. The van der Waals surface area contributed by atoms with Crippen LogP contribution in [0.4, 0.5) is 0 Å². The summed E-state index contributed by atoms with van der Waals surface area (Å²) < 4.78 is 0. The summed E-state index contributed by atoms with van der Waals surface area (Å²) in [6.45, 7) is 1.25. The summed E-state index contributed by atoms with van der Waals surface area (Å²) in [5.41, 5.74) is 6.67. The molecule has 0 radical (unpaired) electrons. The number of rotatable bonds is 0. The van der Waals surface area contributed by atoms with E-state index in [1.807, 2.05) is 0 Å². The summed E-state index contributed by atoms with van der Waals surface area (Å²) in [7, 11) is 2.29. The highest BCUT2D eigenvalue weighted by Crippen LogP contribution is 2.36. The third-order valence-corrected chi connectivity index (χ3v) is 6.40. The molecule has 0 aromatic carbocycles. The van der Waals surface area contributed by atoms with Gasteiger partial charge in [-0.25, -0.2) is 0 Å². The Hall–Kier alpha value is 0.360. The summed E-state index contributed by atoms with van der Waals surface area (Å²) in [5, 5.41) is 2.67. The Kier molecular flexibility index (Phi) is 4.00. The lowest BCUT2D eigenvalue weighted by Crippen LogP contribution is -3.04. The molecule has 3 fully saturated rings. The van der Waals surface area contributed by atoms with Crippen LogP contribution in [0.5, 0.6) is 0 Å². The van der Waals surface area contributed by atoms with Crippen LogP contribution in [0.3, 0.4) is 0 Å². The van der Waals surface area contributed by atoms with Gasteiger partial charge in [0.25, 0.3) is 0 Å². The van der Waals surface area contributed by atoms with Crippen molar-refractivity contribution in [2.24, 2.45) is 17.6 Å². The molecule has 0 bridgehead atoms. The van der Waals surface area contributed by atoms with Crippen LogP contribution in [0.25, 0.3) is 0 Å². The second-order valence-corrected chi connectivity index (χ2v) is 7.93. The molecule has 2 heterocycles. The third-order valence-electron chi connectivity index (χ3n) is 5.57. The molecule has 4 N–H and O–H groups in total. The fourth-order valence-corrected chi connectivity index (χ4v) is 5.22. The molecular formula is C14H27BrN3+. The lowest BCUT2D eigenvalue weighted by atomic mass is 9.70. The van der Waals surface area contributed by atoms with Gasteiger partial charge in [-0.3, -0.25) is 4.90 Å². The summed E-state index contributed by atoms with van der Waals surface area (Å²) in [4.78, 5) is 3.27. The van der Waals surface area contributed by atoms with Crippen LogP contribution >= 0.6 is 15.9 Å². The Morgan fingerprint density at radius 1 is 1.17 bits per heavy atom. The van der Waals surface area contributed by atoms with Crippen molar-refractivity contribution in [1.82, 2.24) is 4.90 Å². The molecule has 1 aliphatic carbocycles. The third kappa shape index (κ3) is 2.37. The molecule has 2 aliphatic heterocycles. The molecule has 4 heteroatoms. The van der Waals surface area contributed by atoms with Crippen molar-refractivity contribution in [2.45, 2.75) is 61.6 Å². The maximum absolute atomic E-state index is 6.67. The zero-order chi connectivity index (χ0) is 12.7. The number of piperidine rings is 1. The maximum atomic E-state index is 6.67. The lowest BCUT2D eigenvalue weighted by Gasteiger charge is -2.48. The molecule has 0 aromatic heterocycles. The van der Waals surface area contributed by atoms with E-state index in [4.69, 9.17) is 5.73 Å². The van der Waals surface area contributed by atoms with Gasteiger partial charge in [-0.05, 0) is 32.7 Å². The number of likely N-dealkylation sites (tertiary alicyclic amines) is 1. The number of nitrogens with zero attached hydrogens (tertiary/aromatic N) is 1. The van der Waals surface area contributed by atoms with Gasteiger partial charge < -0.3 is 11.1 Å². The largest absolute Gasteiger partial charge is 0.328 e. The zero-order valence-electron chi connectivity index (χ0n) is 11.4. The van der Waals surface area contributed by atoms with E-state index >= 15 is 0 Å². The van der Waals surface area contributed by atoms with E-state index in [-0.39, 0.29) is 0 Å². The van der Waals surface area contributed by atoms with Gasteiger partial charge in [0.15, 0.2) is 0 Å². The predicted molar refractivity (Wildman–Crippen MR) is 77.5 cm³/mol. The van der Waals surface area contributed by atoms with E-state index in [0.29, 0.717) is 23.0 Å². The molecule has 3 aliphatic rings. The highest BCUT2D eigenvalue weighted by atomic mass is 79.9. The Morgan fingerprint density at radius 3 is 2.83 bits per heavy atom. The van der Waals surface area contributed by atoms with Gasteiger partial charge in [-0.15, -0.1) is 0 Å². The zero-order valence-corrected chi connectivity index (χ0v) is 13.0. The Bertz CT molecular complexity index is 299. The molecule has 3 nitrogen and oxygen atoms in total. The van der Waals surface area contributed by atoms with Crippen molar-refractivity contribution in [3.8, 4) is 0 Å². The number of halogens is 1. The molecule has 1 saturated carbocycles. The van der Waals surface area contributed by atoms with Crippen molar-refractivity contribution in [3.05, 3.63) is 0 Å². The van der Waals surface area contributed by atoms with Gasteiger partial charge in [0.1, 0.15) is 6.17 Å². The highest BCUT2D eigenvalue weighted by Gasteiger charge is 2.49. The monoisotopic (exact) mass is 316 g/mol. The van der Waals surface area contributed by atoms with Crippen LogP contribution < -0.4 is 11.1 Å². The van der Waals surface area contributed by atoms with Crippen LogP contribution in [0.1, 0.15) is 38.5 Å². The fraction of sp³-hybridized carbons (Fsp3) is 1.00. The average molecular weight is 317 g/mol. The topological polar surface area (TPSA) is 45.9 Å². The van der Waals surface area contributed by atoms with Crippen molar-refractivity contribution < 1.29 is 5.32 Å². The molecule has 0 spiro atoms. The molecule has 3 rings (SSSR count). The van der Waals surface area contributed by atoms with Crippen LogP contribution in [0, 0.1) is 11.8 Å². The van der Waals surface area contributed by atoms with E-state index in [9.17, 15) is 0 Å². The Morgan fingerprint density at radius 2 is 2.00 bits per heavy atom. The van der Waals surface area contributed by atoms with Gasteiger partial charge in [0.2, 0.25) is 0 Å². The van der Waals surface area contributed by atoms with Crippen molar-refractivity contribution in [1.29, 1.82) is 0 Å². The second kappa shape index (κ2) is 5.39. The van der Waals surface area contributed by atoms with Crippen LogP contribution in [0.15, 0.2) is 0 Å². The van der Waals surface area contributed by atoms with Crippen LogP contribution in [-0.2, 0) is 0 Å². The second-order valence-electron chi connectivity index (χ2n) is 6.64. The molecule has 104 valence electrons. The van der Waals surface area contributed by atoms with Gasteiger partial charge in [0, 0.05) is 35.7 Å². The smallest absolute Gasteiger partial charge is 0.146 e. The first-order valence-electron chi connectivity index (χ1n) is 7.61. The van der Waals surface area contributed by atoms with E-state index in [0.717, 1.165) is 12.0 Å². The normalized spacial score (nSPS) is 50.2. The van der Waals surface area contributed by atoms with Crippen molar-refractivity contribution in [3.63, 3.8) is 0 Å². The van der Waals surface area contributed by atoms with Crippen molar-refractivity contribution >= 4 is 15.9 Å². The van der Waals surface area contributed by atoms with E-state index < -0.39 is 0 Å². The first kappa shape index (κ1) is 13.3. The summed E-state index contributed by atoms with van der Waals surface area (Å²) in [5.74, 6) is 1.44. The standard InChI is InChI=1S/C14H26BrN3/c1-18-7-3-2-4-10-13(16)11-8-9(15)5-6-12(11)17-14(10)18/h9-14,17H,2-8,16H2,1H3/p+1. The first-order chi connectivity index (χ1) is 8.66. The fourth-order valence-electron chi connectivity index (χ4n) is 4.53. The van der Waals surface area contributed by atoms with Crippen molar-refractivity contribution in [2.75, 3.05) is 13.6 Å². The van der Waals surface area contributed by atoms with Gasteiger partial charge in [-0.2, -0.15) is 0 Å². The lowest BCUT2D eigenvalue weighted by molar-refractivity contribution is -0.763. The van der Waals surface area contributed by atoms with E-state index in [2.05, 4.69) is 33.2 Å². The van der Waals surface area contributed by atoms with Crippen LogP contribution in [0.2, 0.25) is 0 Å². The number of quaternary nitrogens is 1. The number of alkyl halides is 1. The number of hydrogen-bond acceptors (Lipinski definition) is 2. The minimum Gasteiger partial charge on any atom is -0.328 e. The number of fused-ring (bicyclic) bond motifs is 2. The highest BCUT2D eigenvalue weighted by molar-refractivity contribution is 9.09. The molecule has 6 unspecified atom stereocenters. The predicted octanol–water partition coefficient (Wildman–Crippen LogP) is 0.881. The van der Waals surface area contributed by atoms with Crippen LogP contribution in [-0.4, -0.2) is 41.6 Å². The minimum atomic E-state index is 0.422. The Labute approximate surface area is 119 Å². The average Bonchev–Trinajstić information content (AvgIpc) is 2.54. The molecule has 6 atom stereocenters. The first-order valence-corrected chi connectivity index (χ1v) is 8.53. The molecule has 18 heavy (non-hydrogen) atoms. The SMILES string of the molecule is CN1CCCCC2C(N)C3CC(Br)CCC3[NH2+]C21. The summed E-state index contributed by atoms with van der Waals surface area (Å²) in [6, 6.07) is 1.20.